The van der Waals surface area contributed by atoms with E-state index in [0.717, 1.165) is 31.0 Å². The highest BCUT2D eigenvalue weighted by atomic mass is 16.5. The van der Waals surface area contributed by atoms with Crippen LogP contribution in [0.2, 0.25) is 0 Å². The van der Waals surface area contributed by atoms with E-state index in [1.807, 2.05) is 32.9 Å². The maximum atomic E-state index is 12.8. The van der Waals surface area contributed by atoms with E-state index in [1.54, 1.807) is 6.07 Å². The van der Waals surface area contributed by atoms with Crippen LogP contribution in [-0.2, 0) is 6.42 Å². The molecule has 2 heterocycles. The predicted octanol–water partition coefficient (Wildman–Crippen LogP) is 5.23. The minimum Gasteiger partial charge on any atom is -0.508 e. The van der Waals surface area contributed by atoms with Gasteiger partial charge in [-0.25, -0.2) is 0 Å². The maximum absolute atomic E-state index is 12.8. The average Bonchev–Trinajstić information content (AvgIpc) is 3.29. The fraction of sp³-hybridized carbons (Fsp3) is 0.429. The van der Waals surface area contributed by atoms with Gasteiger partial charge in [-0.15, -0.1) is 0 Å². The van der Waals surface area contributed by atoms with Gasteiger partial charge < -0.3 is 25.4 Å². The number of aryl methyl sites for hydroxylation is 1. The van der Waals surface area contributed by atoms with Gasteiger partial charge in [0.15, 0.2) is 11.5 Å². The van der Waals surface area contributed by atoms with E-state index in [-0.39, 0.29) is 29.0 Å². The number of hydrogen-bond acceptors (Lipinski definition) is 6. The number of hydrogen-bond donors (Lipinski definition) is 4. The molecule has 1 aliphatic rings. The smallest absolute Gasteiger partial charge is 0.274 e. The summed E-state index contributed by atoms with van der Waals surface area (Å²) < 4.78 is 5.66. The van der Waals surface area contributed by atoms with Gasteiger partial charge >= 0.3 is 0 Å². The van der Waals surface area contributed by atoms with Gasteiger partial charge in [-0.3, -0.25) is 4.79 Å². The van der Waals surface area contributed by atoms with Crippen molar-refractivity contribution in [2.75, 3.05) is 19.6 Å². The summed E-state index contributed by atoms with van der Waals surface area (Å²) in [5.74, 6) is 0.637. The summed E-state index contributed by atoms with van der Waals surface area (Å²) >= 11 is 0. The topological polar surface area (TPSA) is 108 Å². The van der Waals surface area contributed by atoms with E-state index in [2.05, 4.69) is 27.9 Å². The van der Waals surface area contributed by atoms with Crippen LogP contribution in [0.15, 0.2) is 40.9 Å². The number of aromatic hydroxyl groups is 2. The van der Waals surface area contributed by atoms with Crippen LogP contribution in [-0.4, -0.2) is 40.9 Å². The third-order valence-corrected chi connectivity index (χ3v) is 6.80. The van der Waals surface area contributed by atoms with E-state index in [9.17, 15) is 15.0 Å². The second-order valence-corrected chi connectivity index (χ2v) is 9.61. The number of nitrogens with one attached hydrogen (secondary N) is 2. The standard InChI is InChI=1S/C28H35N3O4/c1-4-30-28(34)26-25(20-9-7-18(8-10-20)5-6-19-11-13-29-14-12-19)27(35-31-26)22-15-21(17(2)3)23(32)16-24(22)33/h7-10,15-17,19,29,32-33H,4-6,11-14H2,1-3H3,(H,30,34). The molecule has 0 saturated carbocycles. The fourth-order valence-electron chi connectivity index (χ4n) is 4.76. The van der Waals surface area contributed by atoms with Gasteiger partial charge in [0.25, 0.3) is 5.91 Å². The van der Waals surface area contributed by atoms with Crippen LogP contribution in [0.3, 0.4) is 0 Å². The van der Waals surface area contributed by atoms with Crippen molar-refractivity contribution in [3.05, 3.63) is 53.2 Å². The molecule has 35 heavy (non-hydrogen) atoms. The number of phenolic OH excluding ortho intramolecular Hbond substituents is 2. The zero-order chi connectivity index (χ0) is 24.9. The molecular formula is C28H35N3O4. The van der Waals surface area contributed by atoms with Crippen LogP contribution in [0.25, 0.3) is 22.5 Å². The van der Waals surface area contributed by atoms with E-state index in [4.69, 9.17) is 4.52 Å². The Hall–Kier alpha value is -3.32. The van der Waals surface area contributed by atoms with E-state index < -0.39 is 0 Å². The Kier molecular flexibility index (Phi) is 7.76. The molecule has 0 spiro atoms. The van der Waals surface area contributed by atoms with Crippen molar-refractivity contribution in [1.29, 1.82) is 0 Å². The van der Waals surface area contributed by atoms with Crippen LogP contribution in [0.4, 0.5) is 0 Å². The predicted molar refractivity (Wildman–Crippen MR) is 137 cm³/mol. The Morgan fingerprint density at radius 3 is 2.51 bits per heavy atom. The molecule has 7 nitrogen and oxygen atoms in total. The Morgan fingerprint density at radius 2 is 1.86 bits per heavy atom. The summed E-state index contributed by atoms with van der Waals surface area (Å²) in [6.07, 6.45) is 4.64. The number of amides is 1. The van der Waals surface area contributed by atoms with Crippen molar-refractivity contribution in [1.82, 2.24) is 15.8 Å². The van der Waals surface area contributed by atoms with Crippen molar-refractivity contribution in [3.63, 3.8) is 0 Å². The molecule has 2 aromatic carbocycles. The highest BCUT2D eigenvalue weighted by Crippen LogP contribution is 2.43. The van der Waals surface area contributed by atoms with Gasteiger partial charge in [-0.1, -0.05) is 43.3 Å². The molecule has 0 radical (unpaired) electrons. The lowest BCUT2D eigenvalue weighted by molar-refractivity contribution is 0.0947. The molecule has 0 unspecified atom stereocenters. The molecule has 0 bridgehead atoms. The number of piperidine rings is 1. The summed E-state index contributed by atoms with van der Waals surface area (Å²) in [6, 6.07) is 11.2. The molecular weight excluding hydrogens is 442 g/mol. The van der Waals surface area contributed by atoms with Crippen LogP contribution in [0.5, 0.6) is 11.5 Å². The summed E-state index contributed by atoms with van der Waals surface area (Å²) in [7, 11) is 0. The van der Waals surface area contributed by atoms with Crippen molar-refractivity contribution in [2.45, 2.75) is 52.4 Å². The van der Waals surface area contributed by atoms with E-state index in [0.29, 0.717) is 29.0 Å². The molecule has 0 aliphatic carbocycles. The Balaban J connectivity index is 1.70. The largest absolute Gasteiger partial charge is 0.508 e. The average molecular weight is 478 g/mol. The van der Waals surface area contributed by atoms with Crippen LogP contribution < -0.4 is 10.6 Å². The van der Waals surface area contributed by atoms with Crippen LogP contribution in [0.1, 0.15) is 67.6 Å². The van der Waals surface area contributed by atoms with Gasteiger partial charge in [0, 0.05) is 12.6 Å². The molecule has 1 aromatic heterocycles. The van der Waals surface area contributed by atoms with E-state index in [1.165, 1.54) is 30.9 Å². The first-order chi connectivity index (χ1) is 16.9. The second-order valence-electron chi connectivity index (χ2n) is 9.61. The van der Waals surface area contributed by atoms with Gasteiger partial charge in [-0.2, -0.15) is 0 Å². The molecule has 1 aliphatic heterocycles. The fourth-order valence-corrected chi connectivity index (χ4v) is 4.76. The normalized spacial score (nSPS) is 14.4. The van der Waals surface area contributed by atoms with Crippen LogP contribution in [0, 0.1) is 5.92 Å². The Labute approximate surface area is 206 Å². The molecule has 3 aromatic rings. The third-order valence-electron chi connectivity index (χ3n) is 6.80. The second kappa shape index (κ2) is 11.0. The minimum absolute atomic E-state index is 0.0179. The van der Waals surface area contributed by atoms with Crippen molar-refractivity contribution >= 4 is 5.91 Å². The van der Waals surface area contributed by atoms with Gasteiger partial charge in [0.05, 0.1) is 11.1 Å². The Morgan fingerprint density at radius 1 is 1.14 bits per heavy atom. The van der Waals surface area contributed by atoms with E-state index >= 15 is 0 Å². The number of carbonyl (C=O) groups excluding carboxylic acids is 1. The summed E-state index contributed by atoms with van der Waals surface area (Å²) in [5, 5.41) is 31.2. The molecule has 7 heteroatoms. The SMILES string of the molecule is CCNC(=O)c1noc(-c2cc(C(C)C)c(O)cc2O)c1-c1ccc(CCC2CCNCC2)cc1. The zero-order valence-corrected chi connectivity index (χ0v) is 20.7. The molecule has 4 N–H and O–H groups in total. The van der Waals surface area contributed by atoms with Crippen molar-refractivity contribution < 1.29 is 19.5 Å². The molecule has 1 amide bonds. The number of rotatable bonds is 8. The number of nitrogens with zero attached hydrogens (tertiary/aromatic N) is 1. The summed E-state index contributed by atoms with van der Waals surface area (Å²) in [6.45, 7) is 8.42. The highest BCUT2D eigenvalue weighted by Gasteiger charge is 2.27. The number of carbonyl (C=O) groups is 1. The number of aromatic nitrogens is 1. The minimum atomic E-state index is -0.338. The lowest BCUT2D eigenvalue weighted by Gasteiger charge is -2.22. The number of benzene rings is 2. The van der Waals surface area contributed by atoms with Gasteiger partial charge in [0.2, 0.25) is 0 Å². The molecule has 1 saturated heterocycles. The first-order valence-corrected chi connectivity index (χ1v) is 12.5. The van der Waals surface area contributed by atoms with Gasteiger partial charge in [-0.05, 0) is 80.3 Å². The third kappa shape index (κ3) is 5.51. The van der Waals surface area contributed by atoms with Crippen molar-refractivity contribution in [3.8, 4) is 33.9 Å². The quantitative estimate of drug-likeness (QED) is 0.354. The molecule has 186 valence electrons. The zero-order valence-electron chi connectivity index (χ0n) is 20.7. The van der Waals surface area contributed by atoms with Gasteiger partial charge in [0.1, 0.15) is 11.5 Å². The van der Waals surface area contributed by atoms with Crippen molar-refractivity contribution in [2.24, 2.45) is 5.92 Å². The van der Waals surface area contributed by atoms with Crippen LogP contribution >= 0.6 is 0 Å². The first-order valence-electron chi connectivity index (χ1n) is 12.5. The lowest BCUT2D eigenvalue weighted by Crippen LogP contribution is -2.27. The Bertz CT molecular complexity index is 1160. The first kappa shape index (κ1) is 24.8. The monoisotopic (exact) mass is 477 g/mol. The highest BCUT2D eigenvalue weighted by molar-refractivity contribution is 6.02. The number of phenols is 2. The summed E-state index contributed by atoms with van der Waals surface area (Å²) in [5.41, 5.74) is 3.79. The molecule has 0 atom stereocenters. The molecule has 1 fully saturated rings. The molecule has 4 rings (SSSR count). The lowest BCUT2D eigenvalue weighted by atomic mass is 9.90. The maximum Gasteiger partial charge on any atom is 0.274 e. The summed E-state index contributed by atoms with van der Waals surface area (Å²) in [4.78, 5) is 12.8.